The smallest absolute Gasteiger partial charge is 0.276 e. The average Bonchev–Trinajstić information content (AvgIpc) is 2.55. The van der Waals surface area contributed by atoms with Crippen LogP contribution in [0.25, 0.3) is 0 Å². The first-order chi connectivity index (χ1) is 11.5. The number of nitrogens with one attached hydrogen (secondary N) is 2. The lowest BCUT2D eigenvalue weighted by atomic mass is 10.3. The highest BCUT2D eigenvalue weighted by molar-refractivity contribution is 6.31. The van der Waals surface area contributed by atoms with Gasteiger partial charge in [-0.1, -0.05) is 11.6 Å². The van der Waals surface area contributed by atoms with Gasteiger partial charge in [0.15, 0.2) is 5.69 Å². The van der Waals surface area contributed by atoms with E-state index in [-0.39, 0.29) is 10.7 Å². The molecule has 2 aromatic rings. The van der Waals surface area contributed by atoms with Crippen molar-refractivity contribution in [2.45, 2.75) is 6.42 Å². The first-order valence-corrected chi connectivity index (χ1v) is 7.82. The van der Waals surface area contributed by atoms with Gasteiger partial charge in [0.1, 0.15) is 11.6 Å². The molecule has 2 N–H and O–H groups in total. The van der Waals surface area contributed by atoms with E-state index >= 15 is 0 Å². The Balaban J connectivity index is 1.89. The molecule has 0 atom stereocenters. The number of anilines is 2. The number of hydrogen-bond acceptors (Lipinski definition) is 5. The summed E-state index contributed by atoms with van der Waals surface area (Å²) in [6.07, 6.45) is 0.974. The molecule has 0 spiro atoms. The van der Waals surface area contributed by atoms with Crippen LogP contribution >= 0.6 is 11.6 Å². The van der Waals surface area contributed by atoms with Crippen LogP contribution < -0.4 is 10.6 Å². The van der Waals surface area contributed by atoms with Gasteiger partial charge in [0.2, 0.25) is 0 Å². The maximum Gasteiger partial charge on any atom is 0.276 e. The quantitative estimate of drug-likeness (QED) is 0.751. The molecule has 8 heteroatoms. The number of carbonyl (C=O) groups excluding carboxylic acids is 1. The second kappa shape index (κ2) is 8.56. The van der Waals surface area contributed by atoms with Crippen molar-refractivity contribution >= 4 is 29.0 Å². The van der Waals surface area contributed by atoms with Gasteiger partial charge in [-0.2, -0.15) is 0 Å². The number of carbonyl (C=O) groups is 1. The lowest BCUT2D eigenvalue weighted by molar-refractivity contribution is 0.102. The molecule has 6 nitrogen and oxygen atoms in total. The second-order valence-electron chi connectivity index (χ2n) is 5.47. The van der Waals surface area contributed by atoms with Gasteiger partial charge in [0.25, 0.3) is 5.91 Å². The SMILES string of the molecule is CN(C)CCCNc1ccc(C(=O)Nc2ccc(F)c(Cl)c2)nn1. The summed E-state index contributed by atoms with van der Waals surface area (Å²) < 4.78 is 13.1. The van der Waals surface area contributed by atoms with Crippen molar-refractivity contribution in [2.24, 2.45) is 0 Å². The minimum atomic E-state index is -0.542. The first kappa shape index (κ1) is 18.1. The Bertz CT molecular complexity index is 693. The number of nitrogens with zero attached hydrogens (tertiary/aromatic N) is 3. The summed E-state index contributed by atoms with van der Waals surface area (Å²) >= 11 is 5.68. The number of hydrogen-bond donors (Lipinski definition) is 2. The number of amides is 1. The molecule has 0 aliphatic rings. The number of rotatable bonds is 7. The van der Waals surface area contributed by atoms with Gasteiger partial charge in [0.05, 0.1) is 5.02 Å². The van der Waals surface area contributed by atoms with Crippen molar-refractivity contribution in [1.29, 1.82) is 0 Å². The molecule has 1 amide bonds. The molecular formula is C16H19ClFN5O. The Morgan fingerprint density at radius 2 is 2.04 bits per heavy atom. The average molecular weight is 352 g/mol. The van der Waals surface area contributed by atoms with E-state index in [1.165, 1.54) is 18.2 Å². The van der Waals surface area contributed by atoms with E-state index in [1.54, 1.807) is 12.1 Å². The van der Waals surface area contributed by atoms with Crippen molar-refractivity contribution in [1.82, 2.24) is 15.1 Å². The Hall–Kier alpha value is -2.25. The normalized spacial score (nSPS) is 10.7. The third-order valence-electron chi connectivity index (χ3n) is 3.16. The van der Waals surface area contributed by atoms with E-state index in [4.69, 9.17) is 11.6 Å². The Kier molecular flexibility index (Phi) is 6.45. The van der Waals surface area contributed by atoms with Crippen molar-refractivity contribution in [3.05, 3.63) is 46.9 Å². The zero-order chi connectivity index (χ0) is 17.5. The number of benzene rings is 1. The molecule has 128 valence electrons. The van der Waals surface area contributed by atoms with Crippen LogP contribution in [0.15, 0.2) is 30.3 Å². The van der Waals surface area contributed by atoms with Crippen molar-refractivity contribution < 1.29 is 9.18 Å². The van der Waals surface area contributed by atoms with Crippen LogP contribution in [0, 0.1) is 5.82 Å². The summed E-state index contributed by atoms with van der Waals surface area (Å²) in [7, 11) is 4.03. The monoisotopic (exact) mass is 351 g/mol. The highest BCUT2D eigenvalue weighted by atomic mass is 35.5. The summed E-state index contributed by atoms with van der Waals surface area (Å²) in [6.45, 7) is 1.74. The third kappa shape index (κ3) is 5.43. The molecule has 0 saturated heterocycles. The molecule has 0 aliphatic carbocycles. The summed E-state index contributed by atoms with van der Waals surface area (Å²) in [4.78, 5) is 14.2. The van der Waals surface area contributed by atoms with Crippen LogP contribution in [0.1, 0.15) is 16.9 Å². The highest BCUT2D eigenvalue weighted by Crippen LogP contribution is 2.19. The first-order valence-electron chi connectivity index (χ1n) is 7.44. The minimum absolute atomic E-state index is 0.0591. The van der Waals surface area contributed by atoms with Gasteiger partial charge in [0, 0.05) is 12.2 Å². The van der Waals surface area contributed by atoms with Crippen LogP contribution in [0.4, 0.5) is 15.9 Å². The Morgan fingerprint density at radius 1 is 1.25 bits per heavy atom. The Labute approximate surface area is 145 Å². The van der Waals surface area contributed by atoms with E-state index in [9.17, 15) is 9.18 Å². The van der Waals surface area contributed by atoms with Gasteiger partial charge < -0.3 is 15.5 Å². The van der Waals surface area contributed by atoms with Crippen LogP contribution in [0.5, 0.6) is 0 Å². The highest BCUT2D eigenvalue weighted by Gasteiger charge is 2.10. The zero-order valence-electron chi connectivity index (χ0n) is 13.5. The van der Waals surface area contributed by atoms with Gasteiger partial charge in [-0.25, -0.2) is 4.39 Å². The van der Waals surface area contributed by atoms with Crippen molar-refractivity contribution in [3.8, 4) is 0 Å². The van der Waals surface area contributed by atoms with E-state index in [1.807, 2.05) is 14.1 Å². The molecule has 1 aromatic heterocycles. The van der Waals surface area contributed by atoms with Gasteiger partial charge in [-0.05, 0) is 57.4 Å². The van der Waals surface area contributed by atoms with Crippen LogP contribution in [-0.4, -0.2) is 48.2 Å². The predicted molar refractivity (Wildman–Crippen MR) is 93.1 cm³/mol. The van der Waals surface area contributed by atoms with Crippen molar-refractivity contribution in [2.75, 3.05) is 37.8 Å². The summed E-state index contributed by atoms with van der Waals surface area (Å²) in [5, 5.41) is 13.5. The van der Waals surface area contributed by atoms with Gasteiger partial charge in [-0.3, -0.25) is 4.79 Å². The summed E-state index contributed by atoms with van der Waals surface area (Å²) in [5.74, 6) is -0.376. The minimum Gasteiger partial charge on any atom is -0.369 e. The third-order valence-corrected chi connectivity index (χ3v) is 3.45. The molecule has 0 aliphatic heterocycles. The van der Waals surface area contributed by atoms with Crippen molar-refractivity contribution in [3.63, 3.8) is 0 Å². The lowest BCUT2D eigenvalue weighted by Gasteiger charge is -2.10. The maximum absolute atomic E-state index is 13.1. The standard InChI is InChI=1S/C16H19ClFN5O/c1-23(2)9-3-8-19-15-7-6-14(21-22-15)16(24)20-11-4-5-13(18)12(17)10-11/h4-7,10H,3,8-9H2,1-2H3,(H,19,22)(H,20,24). The lowest BCUT2D eigenvalue weighted by Crippen LogP contribution is -2.17. The maximum atomic E-state index is 13.1. The van der Waals surface area contributed by atoms with E-state index in [2.05, 4.69) is 25.7 Å². The van der Waals surface area contributed by atoms with Gasteiger partial charge in [-0.15, -0.1) is 10.2 Å². The summed E-state index contributed by atoms with van der Waals surface area (Å²) in [5.41, 5.74) is 0.549. The number of halogens is 2. The van der Waals surface area contributed by atoms with Crippen LogP contribution in [-0.2, 0) is 0 Å². The topological polar surface area (TPSA) is 70.2 Å². The molecule has 0 bridgehead atoms. The van der Waals surface area contributed by atoms with E-state index < -0.39 is 11.7 Å². The second-order valence-corrected chi connectivity index (χ2v) is 5.88. The largest absolute Gasteiger partial charge is 0.369 e. The van der Waals surface area contributed by atoms with Crippen LogP contribution in [0.3, 0.4) is 0 Å². The van der Waals surface area contributed by atoms with Gasteiger partial charge >= 0.3 is 0 Å². The molecule has 1 heterocycles. The fourth-order valence-electron chi connectivity index (χ4n) is 1.93. The van der Waals surface area contributed by atoms with E-state index in [0.717, 1.165) is 19.5 Å². The Morgan fingerprint density at radius 3 is 2.67 bits per heavy atom. The number of aromatic nitrogens is 2. The molecular weight excluding hydrogens is 333 g/mol. The zero-order valence-corrected chi connectivity index (χ0v) is 14.3. The predicted octanol–water partition coefficient (Wildman–Crippen LogP) is 2.89. The molecule has 0 saturated carbocycles. The molecule has 0 fully saturated rings. The fraction of sp³-hybridized carbons (Fsp3) is 0.312. The summed E-state index contributed by atoms with van der Waals surface area (Å²) in [6, 6.07) is 7.21. The molecule has 0 unspecified atom stereocenters. The molecule has 1 aromatic carbocycles. The fourth-order valence-corrected chi connectivity index (χ4v) is 2.11. The molecule has 2 rings (SSSR count). The van der Waals surface area contributed by atoms with E-state index in [0.29, 0.717) is 11.5 Å². The molecule has 24 heavy (non-hydrogen) atoms. The molecule has 0 radical (unpaired) electrons. The van der Waals surface area contributed by atoms with Crippen LogP contribution in [0.2, 0.25) is 5.02 Å².